The van der Waals surface area contributed by atoms with Crippen LogP contribution in [0.4, 0.5) is 0 Å². The van der Waals surface area contributed by atoms with Crippen LogP contribution < -0.4 is 0 Å². The number of nitrogens with zero attached hydrogens (tertiary/aromatic N) is 2. The normalized spacial score (nSPS) is 18.0. The van der Waals surface area contributed by atoms with Gasteiger partial charge >= 0.3 is 0 Å². The van der Waals surface area contributed by atoms with Crippen LogP contribution in [0, 0.1) is 0 Å². The van der Waals surface area contributed by atoms with Crippen molar-refractivity contribution in [2.75, 3.05) is 39.8 Å². The minimum Gasteiger partial charge on any atom is -0.304 e. The highest BCUT2D eigenvalue weighted by molar-refractivity contribution is 6.30. The van der Waals surface area contributed by atoms with Gasteiger partial charge in [-0.05, 0) is 43.3 Å². The lowest BCUT2D eigenvalue weighted by molar-refractivity contribution is 0.151. The molecule has 3 rings (SSSR count). The molecular weight excluding hydrogens is 304 g/mol. The Balaban J connectivity index is 1.72. The van der Waals surface area contributed by atoms with E-state index < -0.39 is 0 Å². The monoisotopic (exact) mass is 328 g/mol. The fraction of sp³-hybridized carbons (Fsp3) is 0.400. The minimum absolute atomic E-state index is 0.438. The number of likely N-dealkylation sites (N-methyl/N-ethyl adjacent to an activating group) is 1. The zero-order valence-corrected chi connectivity index (χ0v) is 14.5. The summed E-state index contributed by atoms with van der Waals surface area (Å²) in [5.74, 6) is 0.438. The quantitative estimate of drug-likeness (QED) is 0.815. The fourth-order valence-electron chi connectivity index (χ4n) is 3.29. The molecule has 3 heteroatoms. The maximum absolute atomic E-state index is 6.06. The summed E-state index contributed by atoms with van der Waals surface area (Å²) in [5.41, 5.74) is 2.75. The van der Waals surface area contributed by atoms with Crippen molar-refractivity contribution in [3.05, 3.63) is 70.7 Å². The van der Waals surface area contributed by atoms with Gasteiger partial charge in [0.25, 0.3) is 0 Å². The van der Waals surface area contributed by atoms with E-state index in [0.717, 1.165) is 18.0 Å². The van der Waals surface area contributed by atoms with Gasteiger partial charge in [-0.1, -0.05) is 54.1 Å². The second kappa shape index (κ2) is 7.96. The molecule has 0 N–H and O–H groups in total. The molecule has 0 bridgehead atoms. The molecule has 0 spiro atoms. The van der Waals surface area contributed by atoms with Gasteiger partial charge in [0, 0.05) is 37.1 Å². The second-order valence-electron chi connectivity index (χ2n) is 6.45. The van der Waals surface area contributed by atoms with Gasteiger partial charge in [0.15, 0.2) is 0 Å². The van der Waals surface area contributed by atoms with Crippen molar-refractivity contribution < 1.29 is 0 Å². The van der Waals surface area contributed by atoms with Crippen molar-refractivity contribution in [2.45, 2.75) is 12.3 Å². The average molecular weight is 329 g/mol. The number of rotatable bonds is 5. The molecule has 122 valence electrons. The molecule has 1 atom stereocenters. The van der Waals surface area contributed by atoms with Crippen LogP contribution in [0.5, 0.6) is 0 Å². The van der Waals surface area contributed by atoms with E-state index in [1.165, 1.54) is 37.3 Å². The topological polar surface area (TPSA) is 6.48 Å². The number of hydrogen-bond acceptors (Lipinski definition) is 2. The van der Waals surface area contributed by atoms with Crippen molar-refractivity contribution in [3.8, 4) is 0 Å². The molecule has 0 amide bonds. The number of halogens is 1. The molecule has 0 aliphatic carbocycles. The molecule has 1 aliphatic heterocycles. The molecule has 0 aromatic heterocycles. The lowest BCUT2D eigenvalue weighted by Crippen LogP contribution is -2.44. The van der Waals surface area contributed by atoms with Crippen molar-refractivity contribution >= 4 is 11.6 Å². The zero-order valence-electron chi connectivity index (χ0n) is 13.8. The molecular formula is C20H25ClN2. The van der Waals surface area contributed by atoms with E-state index in [1.807, 2.05) is 12.1 Å². The summed E-state index contributed by atoms with van der Waals surface area (Å²) in [6, 6.07) is 19.2. The average Bonchev–Trinajstić information content (AvgIpc) is 2.59. The third kappa shape index (κ3) is 4.57. The van der Waals surface area contributed by atoms with Crippen LogP contribution in [0.15, 0.2) is 54.6 Å². The molecule has 23 heavy (non-hydrogen) atoms. The van der Waals surface area contributed by atoms with Crippen LogP contribution in [0.25, 0.3) is 0 Å². The lowest BCUT2D eigenvalue weighted by atomic mass is 9.88. The largest absolute Gasteiger partial charge is 0.304 e. The van der Waals surface area contributed by atoms with Crippen LogP contribution in [-0.2, 0) is 0 Å². The molecule has 0 radical (unpaired) electrons. The molecule has 2 aromatic rings. The SMILES string of the molecule is CN1CCN(CC[C@@H](c2ccccc2)c2ccc(Cl)cc2)CC1. The molecule has 0 unspecified atom stereocenters. The summed E-state index contributed by atoms with van der Waals surface area (Å²) in [7, 11) is 2.21. The second-order valence-corrected chi connectivity index (χ2v) is 6.88. The van der Waals surface area contributed by atoms with E-state index in [-0.39, 0.29) is 0 Å². The highest BCUT2D eigenvalue weighted by Crippen LogP contribution is 2.29. The summed E-state index contributed by atoms with van der Waals surface area (Å²) in [6.45, 7) is 5.86. The van der Waals surface area contributed by atoms with E-state index in [9.17, 15) is 0 Å². The van der Waals surface area contributed by atoms with Crippen molar-refractivity contribution in [1.82, 2.24) is 9.80 Å². The van der Waals surface area contributed by atoms with E-state index in [4.69, 9.17) is 11.6 Å². The Bertz CT molecular complexity index is 589. The van der Waals surface area contributed by atoms with Crippen LogP contribution in [0.3, 0.4) is 0 Å². The number of piperazine rings is 1. The molecule has 2 nitrogen and oxygen atoms in total. The van der Waals surface area contributed by atoms with Gasteiger partial charge in [0.1, 0.15) is 0 Å². The standard InChI is InChI=1S/C20H25ClN2/c1-22-13-15-23(16-14-22)12-11-20(17-5-3-2-4-6-17)18-7-9-19(21)10-8-18/h2-10,20H,11-16H2,1H3/t20-/m0/s1. The minimum atomic E-state index is 0.438. The summed E-state index contributed by atoms with van der Waals surface area (Å²) in [6.07, 6.45) is 1.15. The van der Waals surface area contributed by atoms with Crippen molar-refractivity contribution in [2.24, 2.45) is 0 Å². The van der Waals surface area contributed by atoms with Crippen LogP contribution >= 0.6 is 11.6 Å². The van der Waals surface area contributed by atoms with Crippen LogP contribution in [-0.4, -0.2) is 49.6 Å². The van der Waals surface area contributed by atoms with Gasteiger partial charge in [-0.3, -0.25) is 0 Å². The first-order chi connectivity index (χ1) is 11.2. The Hall–Kier alpha value is -1.35. The first kappa shape index (κ1) is 16.5. The van der Waals surface area contributed by atoms with Gasteiger partial charge in [-0.2, -0.15) is 0 Å². The highest BCUT2D eigenvalue weighted by atomic mass is 35.5. The lowest BCUT2D eigenvalue weighted by Gasteiger charge is -2.33. The van der Waals surface area contributed by atoms with E-state index in [2.05, 4.69) is 59.3 Å². The third-order valence-electron chi connectivity index (χ3n) is 4.80. The Morgan fingerprint density at radius 1 is 0.870 bits per heavy atom. The van der Waals surface area contributed by atoms with E-state index >= 15 is 0 Å². The zero-order chi connectivity index (χ0) is 16.1. The number of hydrogen-bond donors (Lipinski definition) is 0. The van der Waals surface area contributed by atoms with Gasteiger partial charge in [-0.25, -0.2) is 0 Å². The predicted octanol–water partition coefficient (Wildman–Crippen LogP) is 4.11. The number of benzene rings is 2. The first-order valence-electron chi connectivity index (χ1n) is 8.43. The van der Waals surface area contributed by atoms with Gasteiger partial charge < -0.3 is 9.80 Å². The van der Waals surface area contributed by atoms with Crippen molar-refractivity contribution in [1.29, 1.82) is 0 Å². The molecule has 0 saturated carbocycles. The van der Waals surface area contributed by atoms with Crippen molar-refractivity contribution in [3.63, 3.8) is 0 Å². The third-order valence-corrected chi connectivity index (χ3v) is 5.06. The Morgan fingerprint density at radius 2 is 1.48 bits per heavy atom. The maximum atomic E-state index is 6.06. The van der Waals surface area contributed by atoms with E-state index in [0.29, 0.717) is 5.92 Å². The van der Waals surface area contributed by atoms with Gasteiger partial charge in [0.2, 0.25) is 0 Å². The molecule has 1 aliphatic rings. The first-order valence-corrected chi connectivity index (χ1v) is 8.81. The molecule has 1 heterocycles. The summed E-state index contributed by atoms with van der Waals surface area (Å²) in [4.78, 5) is 5.00. The highest BCUT2D eigenvalue weighted by Gasteiger charge is 2.18. The van der Waals surface area contributed by atoms with E-state index in [1.54, 1.807) is 0 Å². The summed E-state index contributed by atoms with van der Waals surface area (Å²) in [5, 5.41) is 0.805. The summed E-state index contributed by atoms with van der Waals surface area (Å²) < 4.78 is 0. The summed E-state index contributed by atoms with van der Waals surface area (Å²) >= 11 is 6.06. The Morgan fingerprint density at radius 3 is 2.13 bits per heavy atom. The van der Waals surface area contributed by atoms with Gasteiger partial charge in [-0.15, -0.1) is 0 Å². The van der Waals surface area contributed by atoms with Crippen LogP contribution in [0.2, 0.25) is 5.02 Å². The fourth-order valence-corrected chi connectivity index (χ4v) is 3.42. The smallest absolute Gasteiger partial charge is 0.0406 e. The van der Waals surface area contributed by atoms with Crippen LogP contribution in [0.1, 0.15) is 23.5 Å². The molecule has 1 fully saturated rings. The van der Waals surface area contributed by atoms with Gasteiger partial charge in [0.05, 0.1) is 0 Å². The Kier molecular flexibility index (Phi) is 5.71. The molecule has 2 aromatic carbocycles. The predicted molar refractivity (Wildman–Crippen MR) is 98.3 cm³/mol. The Labute approximate surface area is 144 Å². The maximum Gasteiger partial charge on any atom is 0.0406 e. The molecule has 1 saturated heterocycles.